The fourth-order valence-corrected chi connectivity index (χ4v) is 1.80. The number of aliphatic hydroxyl groups excluding tert-OH is 3. The highest BCUT2D eigenvalue weighted by molar-refractivity contribution is 6.01. The van der Waals surface area contributed by atoms with Crippen molar-refractivity contribution in [1.82, 2.24) is 0 Å². The monoisotopic (exact) mass is 227 g/mol. The summed E-state index contributed by atoms with van der Waals surface area (Å²) in [5.41, 5.74) is 0.291. The van der Waals surface area contributed by atoms with E-state index in [1.165, 1.54) is 12.3 Å². The Balaban J connectivity index is 2.17. The minimum absolute atomic E-state index is 0.122. The van der Waals surface area contributed by atoms with Gasteiger partial charge in [-0.05, 0) is 0 Å². The molecule has 0 aromatic rings. The minimum Gasteiger partial charge on any atom is -0.394 e. The summed E-state index contributed by atoms with van der Waals surface area (Å²) in [4.78, 5) is 15.1. The van der Waals surface area contributed by atoms with Crippen molar-refractivity contribution >= 4 is 12.0 Å². The molecule has 0 bridgehead atoms. The molecule has 3 N–H and O–H groups in total. The molecule has 0 unspecified atom stereocenters. The second-order valence-electron chi connectivity index (χ2n) is 3.81. The molecule has 2 heterocycles. The lowest BCUT2D eigenvalue weighted by atomic mass is 10.0. The first-order valence-corrected chi connectivity index (χ1v) is 5.03. The predicted octanol–water partition coefficient (Wildman–Crippen LogP) is -1.60. The lowest BCUT2D eigenvalue weighted by Gasteiger charge is -2.16. The number of carbonyl (C=O) groups is 1. The van der Waals surface area contributed by atoms with Crippen LogP contribution >= 0.6 is 0 Å². The number of aliphatic imine (C=N–C) groups is 1. The molecule has 2 aliphatic heterocycles. The van der Waals surface area contributed by atoms with Crippen LogP contribution in [0.5, 0.6) is 0 Å². The molecule has 16 heavy (non-hydrogen) atoms. The molecular weight excluding hydrogens is 214 g/mol. The molecule has 0 aromatic heterocycles. The van der Waals surface area contributed by atoms with E-state index in [-0.39, 0.29) is 18.8 Å². The summed E-state index contributed by atoms with van der Waals surface area (Å²) in [5.74, 6) is -0.122. The quantitative estimate of drug-likeness (QED) is 0.527. The van der Waals surface area contributed by atoms with Crippen LogP contribution in [0.25, 0.3) is 0 Å². The van der Waals surface area contributed by atoms with Crippen LogP contribution in [0.4, 0.5) is 0 Å². The lowest BCUT2D eigenvalue weighted by Crippen LogP contribution is -2.34. The highest BCUT2D eigenvalue weighted by Gasteiger charge is 2.44. The van der Waals surface area contributed by atoms with Crippen LogP contribution in [0, 0.1) is 0 Å². The van der Waals surface area contributed by atoms with Gasteiger partial charge in [0.25, 0.3) is 0 Å². The van der Waals surface area contributed by atoms with E-state index in [2.05, 4.69) is 4.99 Å². The summed E-state index contributed by atoms with van der Waals surface area (Å²) in [5, 5.41) is 28.1. The van der Waals surface area contributed by atoms with Crippen molar-refractivity contribution in [3.05, 3.63) is 11.8 Å². The molecule has 0 radical (unpaired) electrons. The Labute approximate surface area is 91.9 Å². The Morgan fingerprint density at radius 2 is 2.19 bits per heavy atom. The van der Waals surface area contributed by atoms with Gasteiger partial charge in [0.1, 0.15) is 24.4 Å². The van der Waals surface area contributed by atoms with Crippen molar-refractivity contribution in [2.24, 2.45) is 4.99 Å². The predicted molar refractivity (Wildman–Crippen MR) is 54.0 cm³/mol. The third-order valence-electron chi connectivity index (χ3n) is 2.68. The first-order valence-electron chi connectivity index (χ1n) is 5.03. The summed E-state index contributed by atoms with van der Waals surface area (Å²) in [6.07, 6.45) is -1.07. The van der Waals surface area contributed by atoms with Crippen LogP contribution in [-0.2, 0) is 9.53 Å². The van der Waals surface area contributed by atoms with Gasteiger partial charge in [-0.3, -0.25) is 9.79 Å². The van der Waals surface area contributed by atoms with E-state index in [1.807, 2.05) is 0 Å². The molecule has 2 aliphatic rings. The highest BCUT2D eigenvalue weighted by atomic mass is 16.6. The summed E-state index contributed by atoms with van der Waals surface area (Å²) < 4.78 is 5.24. The summed E-state index contributed by atoms with van der Waals surface area (Å²) in [6.45, 7) is -0.389. The number of aliphatic hydroxyl groups is 3. The highest BCUT2D eigenvalue weighted by Crippen LogP contribution is 2.27. The molecule has 6 heteroatoms. The van der Waals surface area contributed by atoms with Gasteiger partial charge in [-0.1, -0.05) is 0 Å². The van der Waals surface area contributed by atoms with E-state index in [1.54, 1.807) is 0 Å². The van der Waals surface area contributed by atoms with Gasteiger partial charge < -0.3 is 20.1 Å². The molecule has 1 fully saturated rings. The smallest absolute Gasteiger partial charge is 0.162 e. The minimum atomic E-state index is -1.17. The maximum absolute atomic E-state index is 11.2. The number of ether oxygens (including phenoxy) is 1. The van der Waals surface area contributed by atoms with Gasteiger partial charge in [-0.25, -0.2) is 0 Å². The Bertz CT molecular complexity index is 351. The number of allylic oxidation sites excluding steroid dienone is 1. The molecular formula is C10H13NO5. The van der Waals surface area contributed by atoms with Crippen LogP contribution < -0.4 is 0 Å². The second-order valence-corrected chi connectivity index (χ2v) is 3.81. The fourth-order valence-electron chi connectivity index (χ4n) is 1.80. The summed E-state index contributed by atoms with van der Waals surface area (Å²) in [7, 11) is 0. The third kappa shape index (κ3) is 1.92. The number of ketones is 1. The molecule has 0 aliphatic carbocycles. The average molecular weight is 227 g/mol. The van der Waals surface area contributed by atoms with E-state index in [0.717, 1.165) is 0 Å². The zero-order valence-electron chi connectivity index (χ0n) is 8.48. The largest absolute Gasteiger partial charge is 0.394 e. The van der Waals surface area contributed by atoms with E-state index >= 15 is 0 Å². The molecule has 0 aromatic carbocycles. The maximum Gasteiger partial charge on any atom is 0.162 e. The Morgan fingerprint density at radius 1 is 1.44 bits per heavy atom. The van der Waals surface area contributed by atoms with E-state index < -0.39 is 24.4 Å². The Morgan fingerprint density at radius 3 is 2.75 bits per heavy atom. The molecule has 1 saturated heterocycles. The summed E-state index contributed by atoms with van der Waals surface area (Å²) in [6, 6.07) is 0. The summed E-state index contributed by atoms with van der Waals surface area (Å²) >= 11 is 0. The van der Waals surface area contributed by atoms with Crippen LogP contribution in [0.3, 0.4) is 0 Å². The topological polar surface area (TPSA) is 99.4 Å². The second kappa shape index (κ2) is 4.42. The number of rotatable bonds is 2. The molecule has 0 saturated carbocycles. The van der Waals surface area contributed by atoms with Crippen LogP contribution in [0.15, 0.2) is 16.8 Å². The first kappa shape index (κ1) is 11.4. The van der Waals surface area contributed by atoms with Gasteiger partial charge in [-0.2, -0.15) is 0 Å². The Hall–Kier alpha value is -1.08. The third-order valence-corrected chi connectivity index (χ3v) is 2.68. The molecule has 88 valence electrons. The van der Waals surface area contributed by atoms with Crippen molar-refractivity contribution in [2.75, 3.05) is 6.61 Å². The molecule has 0 amide bonds. The molecule has 2 rings (SSSR count). The van der Waals surface area contributed by atoms with Crippen LogP contribution in [0.2, 0.25) is 0 Å². The molecule has 4 atom stereocenters. The van der Waals surface area contributed by atoms with Gasteiger partial charge in [0.05, 0.1) is 12.3 Å². The van der Waals surface area contributed by atoms with Gasteiger partial charge in [-0.15, -0.1) is 0 Å². The van der Waals surface area contributed by atoms with Gasteiger partial charge in [0.2, 0.25) is 0 Å². The lowest BCUT2D eigenvalue weighted by molar-refractivity contribution is -0.113. The number of carbonyl (C=O) groups excluding carboxylic acids is 1. The van der Waals surface area contributed by atoms with Crippen molar-refractivity contribution in [2.45, 2.75) is 30.8 Å². The molecule has 6 nitrogen and oxygen atoms in total. The zero-order chi connectivity index (χ0) is 11.7. The number of hydrogen-bond acceptors (Lipinski definition) is 6. The zero-order valence-corrected chi connectivity index (χ0v) is 8.48. The number of hydrogen-bond donors (Lipinski definition) is 3. The van der Waals surface area contributed by atoms with Crippen molar-refractivity contribution in [1.29, 1.82) is 0 Å². The maximum atomic E-state index is 11.2. The fraction of sp³-hybridized carbons (Fsp3) is 0.600. The van der Waals surface area contributed by atoms with E-state index in [9.17, 15) is 15.0 Å². The van der Waals surface area contributed by atoms with Crippen molar-refractivity contribution < 1.29 is 24.9 Å². The number of nitrogens with zero attached hydrogens (tertiary/aromatic N) is 1. The van der Waals surface area contributed by atoms with Crippen molar-refractivity contribution in [3.8, 4) is 0 Å². The molecule has 0 spiro atoms. The van der Waals surface area contributed by atoms with Crippen LogP contribution in [-0.4, -0.2) is 58.3 Å². The van der Waals surface area contributed by atoms with Gasteiger partial charge in [0.15, 0.2) is 5.78 Å². The normalized spacial score (nSPS) is 38.9. The standard InChI is InChI=1S/C10H13NO5/c12-4-7-8(14)9(15)10(16-7)6-3-5(13)1-2-11-6/h2-3,7-10,12,14-15H,1,4H2/t7-,8-,9-,10+/m1/s1. The Kier molecular flexibility index (Phi) is 3.15. The van der Waals surface area contributed by atoms with Crippen molar-refractivity contribution in [3.63, 3.8) is 0 Å². The van der Waals surface area contributed by atoms with E-state index in [0.29, 0.717) is 5.70 Å². The van der Waals surface area contributed by atoms with Gasteiger partial charge >= 0.3 is 0 Å². The SMILES string of the molecule is O=C1C=C([C@@H]2O[C@H](CO)[C@@H](O)[C@H]2O)N=CC1. The van der Waals surface area contributed by atoms with Crippen LogP contribution in [0.1, 0.15) is 6.42 Å². The first-order chi connectivity index (χ1) is 7.63. The van der Waals surface area contributed by atoms with E-state index in [4.69, 9.17) is 9.84 Å². The average Bonchev–Trinajstić information content (AvgIpc) is 2.56. The van der Waals surface area contributed by atoms with Gasteiger partial charge in [0, 0.05) is 18.7 Å².